The third-order valence-corrected chi connectivity index (χ3v) is 2.23. The number of benzene rings is 1. The standard InChI is InChI=1S/C10H8O.W/c1-11-9-5-8-10-6-3-2-4-7-10;/h2-4,6-7H,1H3;. The fourth-order valence-electron chi connectivity index (χ4n) is 0.696. The summed E-state index contributed by atoms with van der Waals surface area (Å²) in [6, 6.07) is 9.87. The molecule has 0 aromatic heterocycles. The van der Waals surface area contributed by atoms with Gasteiger partial charge in [-0.15, -0.1) is 0 Å². The van der Waals surface area contributed by atoms with Crippen molar-refractivity contribution in [2.24, 2.45) is 0 Å². The van der Waals surface area contributed by atoms with Crippen LogP contribution in [0.2, 0.25) is 0 Å². The summed E-state index contributed by atoms with van der Waals surface area (Å²) in [6.07, 6.45) is 0. The molecular formula is C10H8OW. The van der Waals surface area contributed by atoms with Crippen molar-refractivity contribution in [3.05, 3.63) is 35.9 Å². The van der Waals surface area contributed by atoms with Crippen LogP contribution in [0.25, 0.3) is 0 Å². The van der Waals surface area contributed by atoms with Crippen LogP contribution < -0.4 is 0 Å². The SMILES string of the molecule is CO[C](=[W])C#Cc1ccccc1. The second kappa shape index (κ2) is 5.03. The van der Waals surface area contributed by atoms with Gasteiger partial charge < -0.3 is 0 Å². The molecule has 60 valence electrons. The molecule has 0 radical (unpaired) electrons. The molecule has 0 atom stereocenters. The monoisotopic (exact) mass is 328 g/mol. The predicted molar refractivity (Wildman–Crippen MR) is 45.3 cm³/mol. The Hall–Kier alpha value is -0.702. The Kier molecular flexibility index (Phi) is 3.94. The second-order valence-electron chi connectivity index (χ2n) is 2.11. The third kappa shape index (κ3) is 3.13. The quantitative estimate of drug-likeness (QED) is 0.708. The summed E-state index contributed by atoms with van der Waals surface area (Å²) in [4.78, 5) is 0. The fraction of sp³-hybridized carbons (Fsp3) is 0.100. The molecule has 12 heavy (non-hydrogen) atoms. The normalized spacial score (nSPS) is 8.42. The molecule has 0 spiro atoms. The summed E-state index contributed by atoms with van der Waals surface area (Å²) in [7, 11) is 1.64. The number of rotatable bonds is 1. The van der Waals surface area contributed by atoms with Gasteiger partial charge in [-0.2, -0.15) is 0 Å². The molecular weight excluding hydrogens is 320 g/mol. The van der Waals surface area contributed by atoms with E-state index in [0.717, 1.165) is 9.65 Å². The molecule has 0 N–H and O–H groups in total. The Balaban J connectivity index is 2.74. The Morgan fingerprint density at radius 2 is 2.00 bits per heavy atom. The molecule has 0 unspecified atom stereocenters. The van der Waals surface area contributed by atoms with E-state index in [-0.39, 0.29) is 0 Å². The molecule has 1 aromatic carbocycles. The van der Waals surface area contributed by atoms with Crippen molar-refractivity contribution >= 4 is 4.08 Å². The number of methoxy groups -OCH3 is 1. The van der Waals surface area contributed by atoms with E-state index in [0.29, 0.717) is 0 Å². The topological polar surface area (TPSA) is 9.23 Å². The summed E-state index contributed by atoms with van der Waals surface area (Å²) in [6.45, 7) is 0. The van der Waals surface area contributed by atoms with Crippen LogP contribution >= 0.6 is 0 Å². The van der Waals surface area contributed by atoms with Crippen LogP contribution in [0.1, 0.15) is 5.56 Å². The predicted octanol–water partition coefficient (Wildman–Crippen LogP) is 1.36. The zero-order chi connectivity index (χ0) is 8.81. The molecule has 1 rings (SSSR count). The van der Waals surface area contributed by atoms with Crippen LogP contribution in [0.3, 0.4) is 0 Å². The van der Waals surface area contributed by atoms with Crippen LogP contribution in [-0.2, 0) is 24.1 Å². The number of hydrogen-bond donors (Lipinski definition) is 0. The Bertz CT molecular complexity index is 319. The van der Waals surface area contributed by atoms with Crippen molar-refractivity contribution in [2.45, 2.75) is 0 Å². The molecule has 0 amide bonds. The van der Waals surface area contributed by atoms with Crippen molar-refractivity contribution in [3.8, 4) is 11.8 Å². The molecule has 1 nitrogen and oxygen atoms in total. The number of ether oxygens (including phenoxy) is 1. The van der Waals surface area contributed by atoms with Gasteiger partial charge in [0, 0.05) is 0 Å². The molecule has 0 bridgehead atoms. The van der Waals surface area contributed by atoms with Gasteiger partial charge in [0.2, 0.25) is 0 Å². The number of hydrogen-bond acceptors (Lipinski definition) is 1. The van der Waals surface area contributed by atoms with Crippen molar-refractivity contribution in [2.75, 3.05) is 7.11 Å². The van der Waals surface area contributed by atoms with E-state index in [9.17, 15) is 0 Å². The average molecular weight is 328 g/mol. The first-order valence-corrected chi connectivity index (χ1v) is 4.94. The Morgan fingerprint density at radius 1 is 1.33 bits per heavy atom. The van der Waals surface area contributed by atoms with Gasteiger partial charge in [0.25, 0.3) is 0 Å². The van der Waals surface area contributed by atoms with Crippen molar-refractivity contribution in [1.29, 1.82) is 0 Å². The zero-order valence-electron chi connectivity index (χ0n) is 6.70. The first-order valence-electron chi connectivity index (χ1n) is 3.48. The molecule has 0 aliphatic carbocycles. The molecule has 0 aliphatic rings. The molecule has 2 heteroatoms. The summed E-state index contributed by atoms with van der Waals surface area (Å²) >= 11 is 1.26. The van der Waals surface area contributed by atoms with E-state index in [1.807, 2.05) is 30.3 Å². The first-order chi connectivity index (χ1) is 5.83. The van der Waals surface area contributed by atoms with Crippen LogP contribution in [0.5, 0.6) is 0 Å². The second-order valence-corrected chi connectivity index (χ2v) is 3.44. The fourth-order valence-corrected chi connectivity index (χ4v) is 0.879. The molecule has 0 heterocycles. The summed E-state index contributed by atoms with van der Waals surface area (Å²) in [5.41, 5.74) is 1.02. The van der Waals surface area contributed by atoms with Gasteiger partial charge in [-0.1, -0.05) is 0 Å². The van der Waals surface area contributed by atoms with E-state index in [1.54, 1.807) is 7.11 Å². The van der Waals surface area contributed by atoms with E-state index < -0.39 is 0 Å². The molecule has 0 saturated carbocycles. The van der Waals surface area contributed by atoms with Gasteiger partial charge >= 0.3 is 83.0 Å². The van der Waals surface area contributed by atoms with E-state index >= 15 is 0 Å². The van der Waals surface area contributed by atoms with Crippen LogP contribution in [-0.4, -0.2) is 11.2 Å². The maximum atomic E-state index is 4.95. The van der Waals surface area contributed by atoms with E-state index in [4.69, 9.17) is 4.74 Å². The van der Waals surface area contributed by atoms with Crippen LogP contribution in [0.15, 0.2) is 30.3 Å². The Labute approximate surface area is 83.2 Å². The average Bonchev–Trinajstić information content (AvgIpc) is 2.16. The van der Waals surface area contributed by atoms with Crippen LogP contribution in [0, 0.1) is 11.8 Å². The minimum absolute atomic E-state index is 0.818. The van der Waals surface area contributed by atoms with Gasteiger partial charge in [-0.3, -0.25) is 0 Å². The van der Waals surface area contributed by atoms with Gasteiger partial charge in [0.05, 0.1) is 0 Å². The minimum atomic E-state index is 0.818. The molecule has 0 aliphatic heterocycles. The molecule has 0 fully saturated rings. The van der Waals surface area contributed by atoms with Crippen LogP contribution in [0.4, 0.5) is 0 Å². The van der Waals surface area contributed by atoms with E-state index in [2.05, 4.69) is 11.8 Å². The molecule has 1 aromatic rings. The van der Waals surface area contributed by atoms with Crippen molar-refractivity contribution in [1.82, 2.24) is 0 Å². The summed E-state index contributed by atoms with van der Waals surface area (Å²) in [5, 5.41) is 0. The Morgan fingerprint density at radius 3 is 2.58 bits per heavy atom. The van der Waals surface area contributed by atoms with Gasteiger partial charge in [0.1, 0.15) is 0 Å². The maximum absolute atomic E-state index is 4.95. The summed E-state index contributed by atoms with van der Waals surface area (Å²) < 4.78 is 5.77. The summed E-state index contributed by atoms with van der Waals surface area (Å²) in [5.74, 6) is 5.93. The van der Waals surface area contributed by atoms with Crippen molar-refractivity contribution in [3.63, 3.8) is 0 Å². The first kappa shape index (κ1) is 9.39. The van der Waals surface area contributed by atoms with Gasteiger partial charge in [-0.25, -0.2) is 0 Å². The third-order valence-electron chi connectivity index (χ3n) is 1.27. The van der Waals surface area contributed by atoms with E-state index in [1.165, 1.54) is 19.4 Å². The van der Waals surface area contributed by atoms with Gasteiger partial charge in [-0.05, 0) is 0 Å². The van der Waals surface area contributed by atoms with Crippen molar-refractivity contribution < 1.29 is 24.1 Å². The van der Waals surface area contributed by atoms with Gasteiger partial charge in [0.15, 0.2) is 0 Å². The molecule has 0 saturated heterocycles. The zero-order valence-corrected chi connectivity index (χ0v) is 9.64.